The summed E-state index contributed by atoms with van der Waals surface area (Å²) in [5.74, 6) is 0.0148. The van der Waals surface area contributed by atoms with Gasteiger partial charge < -0.3 is 10.2 Å². The minimum absolute atomic E-state index is 0.0148. The van der Waals surface area contributed by atoms with Crippen molar-refractivity contribution in [3.63, 3.8) is 0 Å². The Morgan fingerprint density at radius 1 is 1.10 bits per heavy atom. The number of rotatable bonds is 3. The third-order valence-electron chi connectivity index (χ3n) is 3.65. The first-order valence-corrected chi connectivity index (χ1v) is 7.87. The lowest BCUT2D eigenvalue weighted by atomic mass is 9.95. The summed E-state index contributed by atoms with van der Waals surface area (Å²) in [5.41, 5.74) is 7.18. The highest BCUT2D eigenvalue weighted by Gasteiger charge is 2.39. The first kappa shape index (κ1) is 13.4. The van der Waals surface area contributed by atoms with Crippen LogP contribution in [0.1, 0.15) is 11.5 Å². The molecule has 0 bridgehead atoms. The summed E-state index contributed by atoms with van der Waals surface area (Å²) in [6.07, 6.45) is 1.36. The fourth-order valence-corrected chi connectivity index (χ4v) is 3.99. The quantitative estimate of drug-likeness (QED) is 0.927. The second kappa shape index (κ2) is 5.05. The van der Waals surface area contributed by atoms with Crippen LogP contribution in [-0.4, -0.2) is 31.9 Å². The first-order chi connectivity index (χ1) is 9.59. The highest BCUT2D eigenvalue weighted by Crippen LogP contribution is 2.30. The van der Waals surface area contributed by atoms with Gasteiger partial charge >= 0.3 is 0 Å². The zero-order chi connectivity index (χ0) is 14.2. The Kier molecular flexibility index (Phi) is 3.37. The van der Waals surface area contributed by atoms with Gasteiger partial charge in [-0.25, -0.2) is 8.42 Å². The molecule has 1 aromatic heterocycles. The minimum Gasteiger partial charge on any atom is -0.452 e. The molecule has 1 saturated heterocycles. The standard InChI is InChI=1S/C14H16N2O3S/c15-13-10-16(20(17,18)14-7-4-8-19-14)9-12(13)11-5-2-1-3-6-11/h1-8,12-13H,9-10,15H2/t12-,13+/m0/s1. The fourth-order valence-electron chi connectivity index (χ4n) is 2.58. The summed E-state index contributed by atoms with van der Waals surface area (Å²) in [5, 5.41) is -0.0292. The van der Waals surface area contributed by atoms with Gasteiger partial charge in [-0.15, -0.1) is 0 Å². The lowest BCUT2D eigenvalue weighted by Gasteiger charge is -2.15. The maximum Gasteiger partial charge on any atom is 0.276 e. The average Bonchev–Trinajstić information content (AvgIpc) is 3.09. The van der Waals surface area contributed by atoms with Gasteiger partial charge in [-0.3, -0.25) is 0 Å². The molecule has 6 heteroatoms. The molecule has 0 spiro atoms. The van der Waals surface area contributed by atoms with E-state index in [9.17, 15) is 8.42 Å². The van der Waals surface area contributed by atoms with Crippen LogP contribution in [-0.2, 0) is 10.0 Å². The maximum atomic E-state index is 12.4. The third-order valence-corrected chi connectivity index (χ3v) is 5.37. The molecule has 2 atom stereocenters. The average molecular weight is 292 g/mol. The number of nitrogens with zero attached hydrogens (tertiary/aromatic N) is 1. The van der Waals surface area contributed by atoms with Crippen molar-refractivity contribution in [3.05, 3.63) is 54.3 Å². The zero-order valence-corrected chi connectivity index (χ0v) is 11.7. The summed E-state index contributed by atoms with van der Waals surface area (Å²) < 4.78 is 31.2. The molecule has 106 valence electrons. The second-order valence-corrected chi connectivity index (χ2v) is 6.80. The van der Waals surface area contributed by atoms with Crippen LogP contribution in [0.15, 0.2) is 58.2 Å². The predicted octanol–water partition coefficient (Wildman–Crippen LogP) is 1.39. The van der Waals surface area contributed by atoms with Crippen molar-refractivity contribution in [2.75, 3.05) is 13.1 Å². The van der Waals surface area contributed by atoms with Crippen LogP contribution in [0.4, 0.5) is 0 Å². The van der Waals surface area contributed by atoms with E-state index in [2.05, 4.69) is 0 Å². The Bertz CT molecular complexity index is 668. The van der Waals surface area contributed by atoms with Gasteiger partial charge in [0.05, 0.1) is 6.26 Å². The maximum absolute atomic E-state index is 12.4. The number of hydrogen-bond acceptors (Lipinski definition) is 4. The molecule has 2 heterocycles. The number of sulfonamides is 1. The van der Waals surface area contributed by atoms with Crippen molar-refractivity contribution in [2.45, 2.75) is 17.1 Å². The number of furan rings is 1. The van der Waals surface area contributed by atoms with Crippen molar-refractivity contribution < 1.29 is 12.8 Å². The van der Waals surface area contributed by atoms with E-state index in [0.29, 0.717) is 13.1 Å². The number of benzene rings is 1. The third kappa shape index (κ3) is 2.26. The Morgan fingerprint density at radius 3 is 2.50 bits per heavy atom. The molecule has 0 aliphatic carbocycles. The smallest absolute Gasteiger partial charge is 0.276 e. The largest absolute Gasteiger partial charge is 0.452 e. The van der Waals surface area contributed by atoms with Gasteiger partial charge in [-0.2, -0.15) is 4.31 Å². The molecule has 3 rings (SSSR count). The van der Waals surface area contributed by atoms with E-state index in [1.54, 1.807) is 6.07 Å². The Balaban J connectivity index is 1.86. The van der Waals surface area contributed by atoms with Crippen LogP contribution in [0, 0.1) is 0 Å². The van der Waals surface area contributed by atoms with Crippen LogP contribution in [0.25, 0.3) is 0 Å². The van der Waals surface area contributed by atoms with Gasteiger partial charge in [-0.05, 0) is 17.7 Å². The van der Waals surface area contributed by atoms with Crippen LogP contribution in [0.2, 0.25) is 0 Å². The molecule has 1 aliphatic heterocycles. The second-order valence-electron chi connectivity index (χ2n) is 4.94. The summed E-state index contributed by atoms with van der Waals surface area (Å²) in [4.78, 5) is 0. The van der Waals surface area contributed by atoms with Crippen LogP contribution in [0.3, 0.4) is 0 Å². The lowest BCUT2D eigenvalue weighted by Crippen LogP contribution is -2.32. The van der Waals surface area contributed by atoms with Crippen molar-refractivity contribution in [3.8, 4) is 0 Å². The highest BCUT2D eigenvalue weighted by molar-refractivity contribution is 7.89. The van der Waals surface area contributed by atoms with E-state index in [4.69, 9.17) is 10.2 Å². The molecule has 20 heavy (non-hydrogen) atoms. The Labute approximate surface area is 118 Å². The topological polar surface area (TPSA) is 76.5 Å². The molecule has 1 fully saturated rings. The molecule has 2 N–H and O–H groups in total. The summed E-state index contributed by atoms with van der Waals surface area (Å²) in [6, 6.07) is 12.6. The summed E-state index contributed by atoms with van der Waals surface area (Å²) >= 11 is 0. The normalized spacial score (nSPS) is 24.1. The van der Waals surface area contributed by atoms with Crippen LogP contribution >= 0.6 is 0 Å². The van der Waals surface area contributed by atoms with E-state index in [1.165, 1.54) is 16.6 Å². The monoisotopic (exact) mass is 292 g/mol. The van der Waals surface area contributed by atoms with Crippen molar-refractivity contribution >= 4 is 10.0 Å². The Morgan fingerprint density at radius 2 is 1.85 bits per heavy atom. The van der Waals surface area contributed by atoms with Crippen molar-refractivity contribution in [1.29, 1.82) is 0 Å². The van der Waals surface area contributed by atoms with Gasteiger partial charge in [0.2, 0.25) is 5.09 Å². The molecular formula is C14H16N2O3S. The van der Waals surface area contributed by atoms with Crippen molar-refractivity contribution in [1.82, 2.24) is 4.31 Å². The van der Waals surface area contributed by atoms with Gasteiger partial charge in [-0.1, -0.05) is 30.3 Å². The summed E-state index contributed by atoms with van der Waals surface area (Å²) in [7, 11) is -3.58. The molecule has 0 unspecified atom stereocenters. The van der Waals surface area contributed by atoms with Gasteiger partial charge in [0.1, 0.15) is 0 Å². The van der Waals surface area contributed by atoms with Gasteiger partial charge in [0.25, 0.3) is 10.0 Å². The minimum atomic E-state index is -3.58. The van der Waals surface area contributed by atoms with E-state index in [-0.39, 0.29) is 17.1 Å². The molecule has 1 aromatic carbocycles. The highest BCUT2D eigenvalue weighted by atomic mass is 32.2. The van der Waals surface area contributed by atoms with Crippen LogP contribution < -0.4 is 5.73 Å². The fraction of sp³-hybridized carbons (Fsp3) is 0.286. The molecule has 0 radical (unpaired) electrons. The predicted molar refractivity (Wildman–Crippen MR) is 74.6 cm³/mol. The molecule has 0 amide bonds. The molecule has 2 aromatic rings. The number of hydrogen-bond donors (Lipinski definition) is 1. The van der Waals surface area contributed by atoms with E-state index in [0.717, 1.165) is 5.56 Å². The Hall–Kier alpha value is -1.63. The lowest BCUT2D eigenvalue weighted by molar-refractivity contribution is 0.408. The SMILES string of the molecule is N[C@@H]1CN(S(=O)(=O)c2ccco2)C[C@H]1c1ccccc1. The number of nitrogens with two attached hydrogens (primary N) is 1. The molecular weight excluding hydrogens is 276 g/mol. The van der Waals surface area contributed by atoms with Gasteiger partial charge in [0.15, 0.2) is 0 Å². The van der Waals surface area contributed by atoms with Gasteiger partial charge in [0, 0.05) is 25.0 Å². The van der Waals surface area contributed by atoms with E-state index < -0.39 is 10.0 Å². The van der Waals surface area contributed by atoms with Crippen molar-refractivity contribution in [2.24, 2.45) is 5.73 Å². The summed E-state index contributed by atoms with van der Waals surface area (Å²) in [6.45, 7) is 0.691. The van der Waals surface area contributed by atoms with E-state index >= 15 is 0 Å². The first-order valence-electron chi connectivity index (χ1n) is 6.43. The molecule has 0 saturated carbocycles. The van der Waals surface area contributed by atoms with E-state index in [1.807, 2.05) is 30.3 Å². The zero-order valence-electron chi connectivity index (χ0n) is 10.8. The van der Waals surface area contributed by atoms with Crippen LogP contribution in [0.5, 0.6) is 0 Å². The molecule has 5 nitrogen and oxygen atoms in total. The molecule has 1 aliphatic rings.